The van der Waals surface area contributed by atoms with Crippen molar-refractivity contribution in [2.75, 3.05) is 0 Å². The number of thiophene rings is 1. The summed E-state index contributed by atoms with van der Waals surface area (Å²) in [6, 6.07) is 13.2. The van der Waals surface area contributed by atoms with Gasteiger partial charge in [0.05, 0.1) is 0 Å². The van der Waals surface area contributed by atoms with E-state index in [0.717, 1.165) is 0 Å². The molecule has 0 fully saturated rings. The van der Waals surface area contributed by atoms with Gasteiger partial charge in [-0.3, -0.25) is 4.98 Å². The highest BCUT2D eigenvalue weighted by molar-refractivity contribution is 7.17. The molecule has 1 radical (unpaired) electrons. The second-order valence-electron chi connectivity index (χ2n) is 3.31. The summed E-state index contributed by atoms with van der Waals surface area (Å²) in [4.78, 5) is 4.14. The van der Waals surface area contributed by atoms with E-state index in [9.17, 15) is 0 Å². The summed E-state index contributed by atoms with van der Waals surface area (Å²) in [7, 11) is 0. The number of hydrogen-bond acceptors (Lipinski definition) is 2. The Hall–Kier alpha value is -1.67. The minimum Gasteiger partial charge on any atom is -0.264 e. The van der Waals surface area contributed by atoms with Gasteiger partial charge in [0.1, 0.15) is 0 Å². The third-order valence-electron chi connectivity index (χ3n) is 2.39. The standard InChI is InChI=1S/C13H8NS/c1-2-6-13-11(5-1)12(9-15-13)10-4-3-7-14-8-10/h1,3-9H. The predicted octanol–water partition coefficient (Wildman–Crippen LogP) is 3.76. The molecular formula is C13H8NS. The first-order valence-electron chi connectivity index (χ1n) is 4.73. The normalized spacial score (nSPS) is 10.7. The quantitative estimate of drug-likeness (QED) is 0.596. The Kier molecular flexibility index (Phi) is 2.00. The van der Waals surface area contributed by atoms with Crippen LogP contribution in [-0.2, 0) is 0 Å². The molecule has 2 heteroatoms. The molecule has 0 spiro atoms. The van der Waals surface area contributed by atoms with E-state index in [-0.39, 0.29) is 0 Å². The van der Waals surface area contributed by atoms with Gasteiger partial charge in [0, 0.05) is 33.6 Å². The molecule has 0 amide bonds. The Labute approximate surface area is 92.0 Å². The molecule has 3 aromatic rings. The SMILES string of the molecule is [c]1ccc2c(-c3cccnc3)csc2c1. The van der Waals surface area contributed by atoms with Crippen LogP contribution in [-0.4, -0.2) is 4.98 Å². The highest BCUT2D eigenvalue weighted by Crippen LogP contribution is 2.32. The molecule has 1 aromatic carbocycles. The molecule has 0 aliphatic heterocycles. The fourth-order valence-electron chi connectivity index (χ4n) is 1.67. The number of fused-ring (bicyclic) bond motifs is 1. The summed E-state index contributed by atoms with van der Waals surface area (Å²) < 4.78 is 1.27. The van der Waals surface area contributed by atoms with Crippen LogP contribution in [0, 0.1) is 6.07 Å². The summed E-state index contributed by atoms with van der Waals surface area (Å²) in [5.74, 6) is 0. The van der Waals surface area contributed by atoms with Gasteiger partial charge < -0.3 is 0 Å². The second-order valence-corrected chi connectivity index (χ2v) is 4.22. The van der Waals surface area contributed by atoms with Gasteiger partial charge in [0.15, 0.2) is 0 Å². The number of hydrogen-bond donors (Lipinski definition) is 0. The largest absolute Gasteiger partial charge is 0.264 e. The molecule has 0 atom stereocenters. The van der Waals surface area contributed by atoms with Crippen LogP contribution in [0.15, 0.2) is 48.1 Å². The van der Waals surface area contributed by atoms with E-state index < -0.39 is 0 Å². The highest BCUT2D eigenvalue weighted by Gasteiger charge is 2.04. The molecule has 0 N–H and O–H groups in total. The van der Waals surface area contributed by atoms with E-state index in [4.69, 9.17) is 0 Å². The highest BCUT2D eigenvalue weighted by atomic mass is 32.1. The Morgan fingerprint density at radius 2 is 2.27 bits per heavy atom. The van der Waals surface area contributed by atoms with Crippen LogP contribution in [0.3, 0.4) is 0 Å². The van der Waals surface area contributed by atoms with E-state index in [1.807, 2.05) is 24.4 Å². The van der Waals surface area contributed by atoms with E-state index >= 15 is 0 Å². The van der Waals surface area contributed by atoms with Crippen molar-refractivity contribution in [3.8, 4) is 11.1 Å². The van der Waals surface area contributed by atoms with Crippen LogP contribution in [0.5, 0.6) is 0 Å². The molecule has 0 unspecified atom stereocenters. The van der Waals surface area contributed by atoms with Crippen LogP contribution >= 0.6 is 11.3 Å². The van der Waals surface area contributed by atoms with Gasteiger partial charge in [0.25, 0.3) is 0 Å². The lowest BCUT2D eigenvalue weighted by molar-refractivity contribution is 1.33. The van der Waals surface area contributed by atoms with Crippen LogP contribution in [0.1, 0.15) is 0 Å². The molecule has 1 nitrogen and oxygen atoms in total. The Bertz CT molecular complexity index is 584. The van der Waals surface area contributed by atoms with Crippen LogP contribution in [0.4, 0.5) is 0 Å². The van der Waals surface area contributed by atoms with Gasteiger partial charge in [-0.25, -0.2) is 0 Å². The Morgan fingerprint density at radius 1 is 1.27 bits per heavy atom. The minimum absolute atomic E-state index is 1.18. The molecule has 15 heavy (non-hydrogen) atoms. The summed E-state index contributed by atoms with van der Waals surface area (Å²) in [5.41, 5.74) is 2.44. The van der Waals surface area contributed by atoms with Crippen molar-refractivity contribution in [2.45, 2.75) is 0 Å². The van der Waals surface area contributed by atoms with Crippen molar-refractivity contribution in [1.29, 1.82) is 0 Å². The first kappa shape index (κ1) is 8.62. The summed E-state index contributed by atoms with van der Waals surface area (Å²) in [6.45, 7) is 0. The zero-order chi connectivity index (χ0) is 10.1. The third kappa shape index (κ3) is 1.43. The smallest absolute Gasteiger partial charge is 0.0355 e. The van der Waals surface area contributed by atoms with Crippen molar-refractivity contribution in [2.24, 2.45) is 0 Å². The zero-order valence-electron chi connectivity index (χ0n) is 7.97. The fraction of sp³-hybridized carbons (Fsp3) is 0. The summed E-state index contributed by atoms with van der Waals surface area (Å²) in [5, 5.41) is 3.46. The molecule has 2 heterocycles. The predicted molar refractivity (Wildman–Crippen MR) is 63.9 cm³/mol. The maximum atomic E-state index is 4.14. The van der Waals surface area contributed by atoms with Crippen molar-refractivity contribution < 1.29 is 0 Å². The van der Waals surface area contributed by atoms with Crippen LogP contribution in [0.25, 0.3) is 21.2 Å². The van der Waals surface area contributed by atoms with E-state index in [2.05, 4.69) is 28.6 Å². The lowest BCUT2D eigenvalue weighted by atomic mass is 10.1. The molecule has 0 aliphatic rings. The maximum absolute atomic E-state index is 4.14. The molecule has 0 saturated heterocycles. The molecule has 0 bridgehead atoms. The van der Waals surface area contributed by atoms with Crippen molar-refractivity contribution in [3.05, 3.63) is 54.2 Å². The maximum Gasteiger partial charge on any atom is 0.0355 e. The monoisotopic (exact) mass is 210 g/mol. The van der Waals surface area contributed by atoms with Gasteiger partial charge >= 0.3 is 0 Å². The van der Waals surface area contributed by atoms with Crippen molar-refractivity contribution >= 4 is 21.4 Å². The lowest BCUT2D eigenvalue weighted by Gasteiger charge is -1.97. The van der Waals surface area contributed by atoms with E-state index in [1.165, 1.54) is 21.2 Å². The summed E-state index contributed by atoms with van der Waals surface area (Å²) >= 11 is 1.75. The topological polar surface area (TPSA) is 12.9 Å². The van der Waals surface area contributed by atoms with Gasteiger partial charge in [-0.2, -0.15) is 0 Å². The third-order valence-corrected chi connectivity index (χ3v) is 3.34. The number of benzene rings is 1. The lowest BCUT2D eigenvalue weighted by Crippen LogP contribution is -1.76. The molecule has 0 aliphatic carbocycles. The van der Waals surface area contributed by atoms with Crippen LogP contribution in [0.2, 0.25) is 0 Å². The molecule has 2 aromatic heterocycles. The van der Waals surface area contributed by atoms with E-state index in [1.54, 1.807) is 17.5 Å². The number of rotatable bonds is 1. The Balaban J connectivity index is 2.28. The summed E-state index contributed by atoms with van der Waals surface area (Å²) in [6.07, 6.45) is 3.70. The first-order chi connectivity index (χ1) is 7.45. The molecule has 71 valence electrons. The molecule has 0 saturated carbocycles. The van der Waals surface area contributed by atoms with Crippen molar-refractivity contribution in [3.63, 3.8) is 0 Å². The van der Waals surface area contributed by atoms with Gasteiger partial charge in [-0.1, -0.05) is 18.2 Å². The zero-order valence-corrected chi connectivity index (χ0v) is 8.79. The van der Waals surface area contributed by atoms with Crippen molar-refractivity contribution in [1.82, 2.24) is 4.98 Å². The number of pyridine rings is 1. The number of aromatic nitrogens is 1. The number of nitrogens with zero attached hydrogens (tertiary/aromatic N) is 1. The average Bonchev–Trinajstić information content (AvgIpc) is 2.74. The van der Waals surface area contributed by atoms with Gasteiger partial charge in [-0.05, 0) is 23.6 Å². The van der Waals surface area contributed by atoms with E-state index in [0.29, 0.717) is 0 Å². The van der Waals surface area contributed by atoms with Gasteiger partial charge in [-0.15, -0.1) is 11.3 Å². The Morgan fingerprint density at radius 3 is 3.13 bits per heavy atom. The van der Waals surface area contributed by atoms with Gasteiger partial charge in [0.2, 0.25) is 0 Å². The fourth-order valence-corrected chi connectivity index (χ4v) is 2.62. The molecule has 3 rings (SSSR count). The van der Waals surface area contributed by atoms with Crippen LogP contribution < -0.4 is 0 Å². The second kappa shape index (κ2) is 3.48. The average molecular weight is 210 g/mol. The minimum atomic E-state index is 1.18. The first-order valence-corrected chi connectivity index (χ1v) is 5.61. The molecular weight excluding hydrogens is 202 g/mol.